The Hall–Kier alpha value is -0.980. The van der Waals surface area contributed by atoms with Gasteiger partial charge in [0.1, 0.15) is 19.3 Å². The van der Waals surface area contributed by atoms with Crippen molar-refractivity contribution in [3.63, 3.8) is 0 Å². The van der Waals surface area contributed by atoms with Crippen molar-refractivity contribution in [2.45, 2.75) is 174 Å². The zero-order valence-corrected chi connectivity index (χ0v) is 28.2. The topological polar surface area (TPSA) is 48.6 Å². The highest BCUT2D eigenvalue weighted by molar-refractivity contribution is 5.69. The second-order valence-corrected chi connectivity index (χ2v) is 12.0. The molecule has 0 saturated carbocycles. The highest BCUT2D eigenvalue weighted by Crippen LogP contribution is 2.34. The van der Waals surface area contributed by atoms with Gasteiger partial charge in [-0.2, -0.15) is 0 Å². The van der Waals surface area contributed by atoms with Crippen molar-refractivity contribution < 1.29 is 40.6 Å². The molecule has 1 fully saturated rings. The Morgan fingerprint density at radius 3 is 1.88 bits per heavy atom. The quantitative estimate of drug-likeness (QED) is 0.0682. The minimum atomic E-state index is -0.475. The predicted octanol–water partition coefficient (Wildman–Crippen LogP) is 6.26. The smallest absolute Gasteiger partial charge is 0.305 e. The van der Waals surface area contributed by atoms with Crippen LogP contribution >= 0.6 is 0 Å². The van der Waals surface area contributed by atoms with Gasteiger partial charge in [0.05, 0.1) is 6.61 Å². The van der Waals surface area contributed by atoms with Crippen molar-refractivity contribution in [2.24, 2.45) is 0 Å². The molecule has 0 radical (unpaired) electrons. The minimum Gasteiger partial charge on any atom is -1.00 e. The molecule has 1 aromatic heterocycles. The normalized spacial score (nSPS) is 18.3. The zero-order valence-electron chi connectivity index (χ0n) is 26.6. The van der Waals surface area contributed by atoms with Gasteiger partial charge in [0, 0.05) is 37.8 Å². The maximum absolute atomic E-state index is 12.2. The van der Waals surface area contributed by atoms with E-state index in [4.69, 9.17) is 14.2 Å². The molecule has 2 unspecified atom stereocenters. The van der Waals surface area contributed by atoms with Crippen molar-refractivity contribution in [3.8, 4) is 0 Å². The fraction of sp³-hybridized carbons (Fsp3) is 0.829. The van der Waals surface area contributed by atoms with E-state index in [2.05, 4.69) is 30.8 Å². The van der Waals surface area contributed by atoms with Crippen molar-refractivity contribution in [2.75, 3.05) is 13.2 Å². The summed E-state index contributed by atoms with van der Waals surface area (Å²) in [6, 6.07) is 6.11. The van der Waals surface area contributed by atoms with E-state index in [0.29, 0.717) is 19.6 Å². The van der Waals surface area contributed by atoms with E-state index in [1.807, 2.05) is 18.2 Å². The average Bonchev–Trinajstić information content (AvgIpc) is 3.37. The summed E-state index contributed by atoms with van der Waals surface area (Å²) in [5.74, 6) is -0.594. The molecule has 0 aromatic carbocycles. The summed E-state index contributed by atoms with van der Waals surface area (Å²) in [5, 5.41) is 0. The van der Waals surface area contributed by atoms with E-state index in [1.54, 1.807) is 0 Å². The summed E-state index contributed by atoms with van der Waals surface area (Å²) in [6.45, 7) is 6.30. The SMILES string of the molecule is CCCCCCCCCCCCCCCCCC1(CCC)OCC(COC(=O)CCCCC[n+]2ccccc2)O1.[Br-]. The Labute approximate surface area is 263 Å². The molecule has 1 aliphatic rings. The summed E-state index contributed by atoms with van der Waals surface area (Å²) in [5.41, 5.74) is 0. The summed E-state index contributed by atoms with van der Waals surface area (Å²) >= 11 is 0. The summed E-state index contributed by atoms with van der Waals surface area (Å²) in [4.78, 5) is 12.2. The lowest BCUT2D eigenvalue weighted by molar-refractivity contribution is -0.697. The third-order valence-corrected chi connectivity index (χ3v) is 8.21. The largest absolute Gasteiger partial charge is 1.00 e. The highest BCUT2D eigenvalue weighted by Gasteiger charge is 2.40. The molecule has 238 valence electrons. The van der Waals surface area contributed by atoms with Crippen molar-refractivity contribution >= 4 is 5.97 Å². The van der Waals surface area contributed by atoms with Crippen LogP contribution in [-0.4, -0.2) is 31.1 Å². The Kier molecular flexibility index (Phi) is 23.7. The standard InChI is InChI=1S/C35H62NO4.BrH/c1-3-5-6-7-8-9-10-11-12-13-14-15-16-17-21-27-35(26-4-2)39-32-33(40-35)31-38-34(37)25-20-18-22-28-36-29-23-19-24-30-36;/h19,23-24,29-30,33H,3-18,20-22,25-28,31-32H2,1-2H3;1H/q+1;/p-1. The molecule has 0 bridgehead atoms. The number of ether oxygens (including phenoxy) is 3. The predicted molar refractivity (Wildman–Crippen MR) is 164 cm³/mol. The molecule has 0 amide bonds. The van der Waals surface area contributed by atoms with Crippen LogP contribution < -0.4 is 21.5 Å². The van der Waals surface area contributed by atoms with E-state index in [9.17, 15) is 4.79 Å². The number of unbranched alkanes of at least 4 members (excludes halogenated alkanes) is 16. The van der Waals surface area contributed by atoms with Crippen LogP contribution in [0.5, 0.6) is 0 Å². The molecular formula is C35H62BrNO4. The molecule has 6 heteroatoms. The molecule has 5 nitrogen and oxygen atoms in total. The Morgan fingerprint density at radius 1 is 0.732 bits per heavy atom. The third kappa shape index (κ3) is 19.0. The van der Waals surface area contributed by atoms with Crippen LogP contribution in [0.2, 0.25) is 0 Å². The van der Waals surface area contributed by atoms with Crippen molar-refractivity contribution in [1.29, 1.82) is 0 Å². The molecule has 2 heterocycles. The molecule has 0 spiro atoms. The molecule has 0 N–H and O–H groups in total. The van der Waals surface area contributed by atoms with Gasteiger partial charge in [-0.05, 0) is 19.3 Å². The maximum Gasteiger partial charge on any atom is 0.305 e. The van der Waals surface area contributed by atoms with Crippen LogP contribution in [0.25, 0.3) is 0 Å². The summed E-state index contributed by atoms with van der Waals surface area (Å²) in [6.07, 6.45) is 31.0. The number of hydrogen-bond donors (Lipinski definition) is 0. The van der Waals surface area contributed by atoms with Gasteiger partial charge in [0.2, 0.25) is 0 Å². The number of hydrogen-bond acceptors (Lipinski definition) is 4. The molecule has 41 heavy (non-hydrogen) atoms. The number of rotatable bonds is 26. The number of esters is 1. The number of carbonyl (C=O) groups is 1. The molecule has 1 aromatic rings. The van der Waals surface area contributed by atoms with Gasteiger partial charge in [0.25, 0.3) is 0 Å². The van der Waals surface area contributed by atoms with E-state index < -0.39 is 5.79 Å². The van der Waals surface area contributed by atoms with E-state index in [-0.39, 0.29) is 29.1 Å². The lowest BCUT2D eigenvalue weighted by Gasteiger charge is -2.28. The van der Waals surface area contributed by atoms with E-state index in [1.165, 1.54) is 89.9 Å². The van der Waals surface area contributed by atoms with Crippen molar-refractivity contribution in [1.82, 2.24) is 0 Å². The highest BCUT2D eigenvalue weighted by atomic mass is 79.9. The molecule has 0 aliphatic carbocycles. The van der Waals surface area contributed by atoms with Gasteiger partial charge >= 0.3 is 5.97 Å². The molecule has 1 aliphatic heterocycles. The first-order valence-corrected chi connectivity index (χ1v) is 17.1. The number of nitrogens with zero attached hydrogens (tertiary/aromatic N) is 1. The fourth-order valence-electron chi connectivity index (χ4n) is 5.81. The number of carbonyl (C=O) groups excluding carboxylic acids is 1. The van der Waals surface area contributed by atoms with Gasteiger partial charge in [-0.15, -0.1) is 0 Å². The van der Waals surface area contributed by atoms with Crippen LogP contribution in [0.3, 0.4) is 0 Å². The van der Waals surface area contributed by atoms with E-state index >= 15 is 0 Å². The van der Waals surface area contributed by atoms with Crippen LogP contribution in [0.15, 0.2) is 30.6 Å². The summed E-state index contributed by atoms with van der Waals surface area (Å²) < 4.78 is 20.3. The van der Waals surface area contributed by atoms with Gasteiger partial charge in [0.15, 0.2) is 18.2 Å². The van der Waals surface area contributed by atoms with Gasteiger partial charge in [-0.3, -0.25) is 4.79 Å². The van der Waals surface area contributed by atoms with Crippen LogP contribution in [-0.2, 0) is 25.5 Å². The molecule has 1 saturated heterocycles. The Morgan fingerprint density at radius 2 is 1.29 bits per heavy atom. The lowest BCUT2D eigenvalue weighted by atomic mass is 10.0. The van der Waals surface area contributed by atoms with Gasteiger partial charge in [-0.25, -0.2) is 4.57 Å². The molecule has 2 rings (SSSR count). The van der Waals surface area contributed by atoms with Crippen LogP contribution in [0.1, 0.15) is 155 Å². The van der Waals surface area contributed by atoms with Gasteiger partial charge < -0.3 is 31.2 Å². The van der Waals surface area contributed by atoms with Crippen LogP contribution in [0.4, 0.5) is 0 Å². The Balaban J connectivity index is 0.00000840. The number of pyridine rings is 1. The monoisotopic (exact) mass is 639 g/mol. The molecular weight excluding hydrogens is 578 g/mol. The first kappa shape index (κ1) is 38.0. The van der Waals surface area contributed by atoms with E-state index in [0.717, 1.165) is 51.5 Å². The zero-order chi connectivity index (χ0) is 28.6. The average molecular weight is 641 g/mol. The fourth-order valence-corrected chi connectivity index (χ4v) is 5.81. The number of aryl methyl sites for hydroxylation is 1. The Bertz CT molecular complexity index is 734. The minimum absolute atomic E-state index is 0. The van der Waals surface area contributed by atoms with Gasteiger partial charge in [-0.1, -0.05) is 116 Å². The maximum atomic E-state index is 12.2. The lowest BCUT2D eigenvalue weighted by Crippen LogP contribution is -3.00. The third-order valence-electron chi connectivity index (χ3n) is 8.21. The number of halogens is 1. The van der Waals surface area contributed by atoms with Crippen LogP contribution in [0, 0.1) is 0 Å². The second kappa shape index (κ2) is 25.5. The first-order valence-electron chi connectivity index (χ1n) is 17.1. The first-order chi connectivity index (χ1) is 19.7. The summed E-state index contributed by atoms with van der Waals surface area (Å²) in [7, 11) is 0. The second-order valence-electron chi connectivity index (χ2n) is 12.0. The number of aromatic nitrogens is 1. The molecule has 2 atom stereocenters. The van der Waals surface area contributed by atoms with Crippen molar-refractivity contribution in [3.05, 3.63) is 30.6 Å².